The number of nitrogens with one attached hydrogen (secondary N) is 2. The summed E-state index contributed by atoms with van der Waals surface area (Å²) in [5, 5.41) is 17.5. The monoisotopic (exact) mass is 353 g/mol. The first-order valence-electron chi connectivity index (χ1n) is 7.49. The summed E-state index contributed by atoms with van der Waals surface area (Å²) < 4.78 is 0. The lowest BCUT2D eigenvalue weighted by atomic mass is 10.1. The average Bonchev–Trinajstić information content (AvgIpc) is 3.13. The topological polar surface area (TPSA) is 91.3 Å². The van der Waals surface area contributed by atoms with Crippen molar-refractivity contribution in [3.63, 3.8) is 0 Å². The molecule has 0 fully saturated rings. The van der Waals surface area contributed by atoms with Gasteiger partial charge >= 0.3 is 5.97 Å². The molecule has 0 saturated heterocycles. The molecule has 126 valence electrons. The van der Waals surface area contributed by atoms with Gasteiger partial charge in [0, 0.05) is 29.4 Å². The Kier molecular flexibility index (Phi) is 5.06. The normalized spacial score (nSPS) is 10.2. The number of hydrogen-bond donors (Lipinski definition) is 3. The zero-order valence-corrected chi connectivity index (χ0v) is 13.9. The molecule has 0 radical (unpaired) electrons. The number of carbonyl (C=O) groups excluding carboxylic acids is 1. The van der Waals surface area contributed by atoms with Crippen LogP contribution in [0, 0.1) is 0 Å². The Balaban J connectivity index is 1.62. The standard InChI is InChI=1S/C18H15N3O3S/c22-16(20-11-12-4-6-13(7-5-12)17(23)24)14-2-1-3-15(10-14)21-18-19-8-9-25-18/h1-10H,11H2,(H,19,21)(H,20,22)(H,23,24). The lowest BCUT2D eigenvalue weighted by Crippen LogP contribution is -2.22. The highest BCUT2D eigenvalue weighted by Crippen LogP contribution is 2.19. The van der Waals surface area contributed by atoms with Gasteiger partial charge in [-0.15, -0.1) is 11.3 Å². The molecule has 0 aliphatic rings. The maximum Gasteiger partial charge on any atom is 0.335 e. The molecule has 2 aromatic carbocycles. The van der Waals surface area contributed by atoms with Crippen LogP contribution in [-0.2, 0) is 6.54 Å². The maximum atomic E-state index is 12.3. The van der Waals surface area contributed by atoms with E-state index in [1.807, 2.05) is 11.4 Å². The smallest absolute Gasteiger partial charge is 0.335 e. The minimum absolute atomic E-state index is 0.204. The second-order valence-corrected chi connectivity index (χ2v) is 6.12. The first-order valence-corrected chi connectivity index (χ1v) is 8.37. The van der Waals surface area contributed by atoms with Crippen molar-refractivity contribution in [3.8, 4) is 0 Å². The van der Waals surface area contributed by atoms with E-state index in [9.17, 15) is 9.59 Å². The Bertz CT molecular complexity index is 877. The minimum atomic E-state index is -0.972. The van der Waals surface area contributed by atoms with Crippen molar-refractivity contribution in [2.45, 2.75) is 6.54 Å². The number of anilines is 2. The highest BCUT2D eigenvalue weighted by atomic mass is 32.1. The van der Waals surface area contributed by atoms with Crippen LogP contribution in [0.15, 0.2) is 60.1 Å². The highest BCUT2D eigenvalue weighted by Gasteiger charge is 2.07. The quantitative estimate of drug-likeness (QED) is 0.631. The number of benzene rings is 2. The first kappa shape index (κ1) is 16.7. The summed E-state index contributed by atoms with van der Waals surface area (Å²) in [6.07, 6.45) is 1.71. The Morgan fingerprint density at radius 3 is 2.56 bits per heavy atom. The van der Waals surface area contributed by atoms with Crippen LogP contribution in [0.25, 0.3) is 0 Å². The van der Waals surface area contributed by atoms with Crippen molar-refractivity contribution >= 4 is 34.0 Å². The van der Waals surface area contributed by atoms with E-state index in [0.717, 1.165) is 16.4 Å². The third-order valence-electron chi connectivity index (χ3n) is 3.46. The van der Waals surface area contributed by atoms with Crippen LogP contribution in [0.4, 0.5) is 10.8 Å². The Morgan fingerprint density at radius 2 is 1.88 bits per heavy atom. The number of carboxylic acid groups (broad SMARTS) is 1. The number of thiazole rings is 1. The maximum absolute atomic E-state index is 12.3. The molecule has 3 aromatic rings. The summed E-state index contributed by atoms with van der Waals surface area (Å²) in [5.74, 6) is -1.18. The summed E-state index contributed by atoms with van der Waals surface area (Å²) in [6.45, 7) is 0.322. The van der Waals surface area contributed by atoms with Crippen molar-refractivity contribution in [3.05, 3.63) is 76.8 Å². The molecule has 0 atom stereocenters. The van der Waals surface area contributed by atoms with Gasteiger partial charge < -0.3 is 15.7 Å². The van der Waals surface area contributed by atoms with Crippen LogP contribution >= 0.6 is 11.3 Å². The van der Waals surface area contributed by atoms with E-state index in [4.69, 9.17) is 5.11 Å². The molecule has 6 nitrogen and oxygen atoms in total. The van der Waals surface area contributed by atoms with Gasteiger partial charge in [0.25, 0.3) is 5.91 Å². The number of aromatic carboxylic acids is 1. The molecule has 7 heteroatoms. The number of amides is 1. The van der Waals surface area contributed by atoms with E-state index in [2.05, 4.69) is 15.6 Å². The number of carbonyl (C=O) groups is 2. The number of rotatable bonds is 6. The van der Waals surface area contributed by atoms with Gasteiger partial charge in [-0.25, -0.2) is 9.78 Å². The fraction of sp³-hybridized carbons (Fsp3) is 0.0556. The van der Waals surface area contributed by atoms with E-state index < -0.39 is 5.97 Å². The van der Waals surface area contributed by atoms with Crippen LogP contribution in [0.5, 0.6) is 0 Å². The second kappa shape index (κ2) is 7.59. The zero-order valence-electron chi connectivity index (χ0n) is 13.1. The molecule has 0 bridgehead atoms. The van der Waals surface area contributed by atoms with Crippen LogP contribution in [-0.4, -0.2) is 22.0 Å². The number of aromatic nitrogens is 1. The average molecular weight is 353 g/mol. The summed E-state index contributed by atoms with van der Waals surface area (Å²) in [7, 11) is 0. The zero-order chi connectivity index (χ0) is 17.6. The lowest BCUT2D eigenvalue weighted by Gasteiger charge is -2.08. The van der Waals surface area contributed by atoms with E-state index in [1.54, 1.807) is 36.5 Å². The van der Waals surface area contributed by atoms with Crippen LogP contribution in [0.1, 0.15) is 26.3 Å². The van der Waals surface area contributed by atoms with Crippen molar-refractivity contribution in [2.24, 2.45) is 0 Å². The molecule has 1 amide bonds. The summed E-state index contributed by atoms with van der Waals surface area (Å²) in [6, 6.07) is 13.6. The largest absolute Gasteiger partial charge is 0.478 e. The molecule has 0 aliphatic carbocycles. The van der Waals surface area contributed by atoms with Crippen molar-refractivity contribution in [2.75, 3.05) is 5.32 Å². The fourth-order valence-corrected chi connectivity index (χ4v) is 2.75. The Hall–Kier alpha value is -3.19. The molecular weight excluding hydrogens is 338 g/mol. The summed E-state index contributed by atoms with van der Waals surface area (Å²) >= 11 is 1.48. The van der Waals surface area contributed by atoms with Gasteiger partial charge in [0.05, 0.1) is 5.56 Å². The second-order valence-electron chi connectivity index (χ2n) is 5.23. The van der Waals surface area contributed by atoms with Gasteiger partial charge in [0.15, 0.2) is 5.13 Å². The minimum Gasteiger partial charge on any atom is -0.478 e. The Labute approximate surface area is 148 Å². The third kappa shape index (κ3) is 4.42. The van der Waals surface area contributed by atoms with Gasteiger partial charge in [-0.3, -0.25) is 4.79 Å². The molecule has 1 aromatic heterocycles. The van der Waals surface area contributed by atoms with Gasteiger partial charge in [0.1, 0.15) is 0 Å². The fourth-order valence-electron chi connectivity index (χ4n) is 2.20. The molecule has 0 aliphatic heterocycles. The first-order chi connectivity index (χ1) is 12.1. The van der Waals surface area contributed by atoms with Crippen molar-refractivity contribution < 1.29 is 14.7 Å². The molecular formula is C18H15N3O3S. The molecule has 0 saturated carbocycles. The predicted octanol–water partition coefficient (Wildman–Crippen LogP) is 3.51. The predicted molar refractivity (Wildman–Crippen MR) is 96.4 cm³/mol. The highest BCUT2D eigenvalue weighted by molar-refractivity contribution is 7.13. The summed E-state index contributed by atoms with van der Waals surface area (Å²) in [5.41, 5.74) is 2.36. The molecule has 3 N–H and O–H groups in total. The SMILES string of the molecule is O=C(O)c1ccc(CNC(=O)c2cccc(Nc3nccs3)c2)cc1. The summed E-state index contributed by atoms with van der Waals surface area (Å²) in [4.78, 5) is 27.3. The van der Waals surface area contributed by atoms with E-state index in [-0.39, 0.29) is 11.5 Å². The number of hydrogen-bond acceptors (Lipinski definition) is 5. The van der Waals surface area contributed by atoms with Gasteiger partial charge in [-0.1, -0.05) is 18.2 Å². The van der Waals surface area contributed by atoms with Gasteiger partial charge in [-0.05, 0) is 35.9 Å². The van der Waals surface area contributed by atoms with Gasteiger partial charge in [0.2, 0.25) is 0 Å². The van der Waals surface area contributed by atoms with Crippen LogP contribution < -0.4 is 10.6 Å². The molecule has 0 spiro atoms. The molecule has 25 heavy (non-hydrogen) atoms. The van der Waals surface area contributed by atoms with Gasteiger partial charge in [-0.2, -0.15) is 0 Å². The van der Waals surface area contributed by atoms with E-state index in [1.165, 1.54) is 23.5 Å². The van der Waals surface area contributed by atoms with Crippen molar-refractivity contribution in [1.29, 1.82) is 0 Å². The number of carboxylic acids is 1. The lowest BCUT2D eigenvalue weighted by molar-refractivity contribution is 0.0696. The number of nitrogens with zero attached hydrogens (tertiary/aromatic N) is 1. The van der Waals surface area contributed by atoms with E-state index in [0.29, 0.717) is 12.1 Å². The van der Waals surface area contributed by atoms with Crippen LogP contribution in [0.2, 0.25) is 0 Å². The molecule has 0 unspecified atom stereocenters. The molecule has 3 rings (SSSR count). The van der Waals surface area contributed by atoms with Crippen molar-refractivity contribution in [1.82, 2.24) is 10.3 Å². The third-order valence-corrected chi connectivity index (χ3v) is 4.15. The Morgan fingerprint density at radius 1 is 1.08 bits per heavy atom. The van der Waals surface area contributed by atoms with E-state index >= 15 is 0 Å². The molecule has 1 heterocycles. The van der Waals surface area contributed by atoms with Crippen LogP contribution in [0.3, 0.4) is 0 Å².